The van der Waals surface area contributed by atoms with Crippen LogP contribution in [0.15, 0.2) is 30.3 Å². The van der Waals surface area contributed by atoms with Crippen molar-refractivity contribution in [3.05, 3.63) is 62.0 Å². The highest BCUT2D eigenvalue weighted by Gasteiger charge is 2.40. The molecule has 0 spiro atoms. The maximum absolute atomic E-state index is 12.4. The van der Waals surface area contributed by atoms with Gasteiger partial charge in [-0.05, 0) is 63.5 Å². The maximum atomic E-state index is 12.4. The highest BCUT2D eigenvalue weighted by Crippen LogP contribution is 2.44. The van der Waals surface area contributed by atoms with E-state index in [4.69, 9.17) is 0 Å². The first-order chi connectivity index (χ1) is 13.5. The Morgan fingerprint density at radius 2 is 1.97 bits per heavy atom. The lowest BCUT2D eigenvalue weighted by molar-refractivity contribution is -0.384. The topological polar surface area (TPSA) is 108 Å². The van der Waals surface area contributed by atoms with Gasteiger partial charge in [0.25, 0.3) is 5.69 Å². The SMILES string of the molecule is CC1(C)Cc2c(sc(NC(=O)/C=C/c3ccc([N+](=O)[O-])cc3)c2C#N)C(C)(C)N1. The molecule has 1 aromatic heterocycles. The van der Waals surface area contributed by atoms with E-state index in [1.165, 1.54) is 29.5 Å². The first-order valence-corrected chi connectivity index (χ1v) is 9.93. The van der Waals surface area contributed by atoms with Crippen LogP contribution in [0, 0.1) is 21.4 Å². The third kappa shape index (κ3) is 4.36. The molecular formula is C21H22N4O3S. The number of hydrogen-bond acceptors (Lipinski definition) is 6. The summed E-state index contributed by atoms with van der Waals surface area (Å²) < 4.78 is 0. The predicted octanol–water partition coefficient (Wildman–Crippen LogP) is 4.34. The fraction of sp³-hybridized carbons (Fsp3) is 0.333. The standard InChI is InChI=1S/C21H22N4O3S/c1-20(2)11-15-16(12-22)19(29-18(15)21(3,4)24-20)23-17(26)10-7-13-5-8-14(9-6-13)25(27)28/h5-10,24H,11H2,1-4H3,(H,23,26)/b10-7+. The summed E-state index contributed by atoms with van der Waals surface area (Å²) >= 11 is 1.42. The number of hydrogen-bond donors (Lipinski definition) is 2. The highest BCUT2D eigenvalue weighted by molar-refractivity contribution is 7.17. The van der Waals surface area contributed by atoms with E-state index in [1.807, 2.05) is 0 Å². The number of amides is 1. The molecule has 29 heavy (non-hydrogen) atoms. The van der Waals surface area contributed by atoms with Gasteiger partial charge >= 0.3 is 0 Å². The molecule has 1 aromatic carbocycles. The van der Waals surface area contributed by atoms with E-state index in [-0.39, 0.29) is 22.7 Å². The Bertz CT molecular complexity index is 1040. The van der Waals surface area contributed by atoms with Crippen LogP contribution in [0.25, 0.3) is 6.08 Å². The minimum atomic E-state index is -0.472. The monoisotopic (exact) mass is 410 g/mol. The molecule has 7 nitrogen and oxygen atoms in total. The molecule has 1 amide bonds. The minimum Gasteiger partial charge on any atom is -0.313 e. The van der Waals surface area contributed by atoms with Crippen LogP contribution in [0.2, 0.25) is 0 Å². The number of non-ortho nitro benzene ring substituents is 1. The molecule has 3 rings (SSSR count). The molecule has 0 unspecified atom stereocenters. The van der Waals surface area contributed by atoms with Crippen LogP contribution in [-0.2, 0) is 16.8 Å². The second kappa shape index (κ2) is 7.43. The van der Waals surface area contributed by atoms with Crippen molar-refractivity contribution in [2.75, 3.05) is 5.32 Å². The Morgan fingerprint density at radius 3 is 2.55 bits per heavy atom. The van der Waals surface area contributed by atoms with Crippen molar-refractivity contribution in [3.63, 3.8) is 0 Å². The number of anilines is 1. The van der Waals surface area contributed by atoms with E-state index >= 15 is 0 Å². The number of thiophene rings is 1. The Morgan fingerprint density at radius 1 is 1.31 bits per heavy atom. The summed E-state index contributed by atoms with van der Waals surface area (Å²) in [5.41, 5.74) is 1.72. The summed E-state index contributed by atoms with van der Waals surface area (Å²) in [6.07, 6.45) is 3.64. The molecule has 2 aromatic rings. The number of carbonyl (C=O) groups excluding carboxylic acids is 1. The Labute approximate surface area is 173 Å². The molecular weight excluding hydrogens is 388 g/mol. The van der Waals surface area contributed by atoms with Gasteiger partial charge in [-0.25, -0.2) is 0 Å². The molecule has 0 bridgehead atoms. The lowest BCUT2D eigenvalue weighted by Gasteiger charge is -2.42. The average molecular weight is 410 g/mol. The zero-order chi connectivity index (χ0) is 21.4. The number of nitro benzene ring substituents is 1. The number of nitrogens with one attached hydrogen (secondary N) is 2. The minimum absolute atomic E-state index is 0.00595. The number of benzene rings is 1. The fourth-order valence-corrected chi connectivity index (χ4v) is 5.00. The zero-order valence-corrected chi connectivity index (χ0v) is 17.5. The van der Waals surface area contributed by atoms with Crippen molar-refractivity contribution >= 4 is 34.0 Å². The van der Waals surface area contributed by atoms with Crippen LogP contribution in [0.5, 0.6) is 0 Å². The van der Waals surface area contributed by atoms with Crippen LogP contribution in [0.4, 0.5) is 10.7 Å². The normalized spacial score (nSPS) is 16.8. The van der Waals surface area contributed by atoms with E-state index in [0.29, 0.717) is 22.5 Å². The third-order valence-electron chi connectivity index (χ3n) is 4.72. The summed E-state index contributed by atoms with van der Waals surface area (Å²) in [7, 11) is 0. The smallest absolute Gasteiger partial charge is 0.269 e. The molecule has 1 aliphatic heterocycles. The van der Waals surface area contributed by atoms with E-state index in [2.05, 4.69) is 44.4 Å². The number of rotatable bonds is 4. The van der Waals surface area contributed by atoms with Crippen LogP contribution < -0.4 is 10.6 Å². The van der Waals surface area contributed by atoms with Gasteiger partial charge in [-0.3, -0.25) is 14.9 Å². The van der Waals surface area contributed by atoms with Crippen molar-refractivity contribution in [2.24, 2.45) is 0 Å². The van der Waals surface area contributed by atoms with Gasteiger partial charge in [-0.15, -0.1) is 11.3 Å². The Hall–Kier alpha value is -3.02. The summed E-state index contributed by atoms with van der Waals surface area (Å²) in [6.45, 7) is 8.35. The quantitative estimate of drug-likeness (QED) is 0.443. The molecule has 0 saturated heterocycles. The first kappa shape index (κ1) is 20.7. The number of nitrogens with zero attached hydrogens (tertiary/aromatic N) is 2. The van der Waals surface area contributed by atoms with Gasteiger partial charge in [0.1, 0.15) is 11.1 Å². The van der Waals surface area contributed by atoms with E-state index in [1.54, 1.807) is 18.2 Å². The van der Waals surface area contributed by atoms with E-state index < -0.39 is 4.92 Å². The molecule has 0 saturated carbocycles. The number of nitro groups is 1. The molecule has 150 valence electrons. The average Bonchev–Trinajstić information content (AvgIpc) is 2.96. The largest absolute Gasteiger partial charge is 0.313 e. The highest BCUT2D eigenvalue weighted by atomic mass is 32.1. The maximum Gasteiger partial charge on any atom is 0.269 e. The van der Waals surface area contributed by atoms with Crippen molar-refractivity contribution in [1.82, 2.24) is 5.32 Å². The van der Waals surface area contributed by atoms with Gasteiger partial charge in [0.05, 0.1) is 10.5 Å². The van der Waals surface area contributed by atoms with Crippen LogP contribution in [0.1, 0.15) is 49.3 Å². The van der Waals surface area contributed by atoms with Crippen molar-refractivity contribution in [2.45, 2.75) is 45.2 Å². The zero-order valence-electron chi connectivity index (χ0n) is 16.7. The molecule has 0 fully saturated rings. The summed E-state index contributed by atoms with van der Waals surface area (Å²) in [6, 6.07) is 8.17. The van der Waals surface area contributed by atoms with Crippen molar-refractivity contribution in [3.8, 4) is 6.07 Å². The molecule has 0 radical (unpaired) electrons. The lowest BCUT2D eigenvalue weighted by atomic mass is 9.81. The van der Waals surface area contributed by atoms with Crippen LogP contribution in [-0.4, -0.2) is 16.4 Å². The third-order valence-corrected chi connectivity index (χ3v) is 6.20. The van der Waals surface area contributed by atoms with E-state index in [9.17, 15) is 20.2 Å². The molecule has 0 atom stereocenters. The number of fused-ring (bicyclic) bond motifs is 1. The van der Waals surface area contributed by atoms with Gasteiger partial charge in [0.2, 0.25) is 5.91 Å². The predicted molar refractivity (Wildman–Crippen MR) is 114 cm³/mol. The summed E-state index contributed by atoms with van der Waals surface area (Å²) in [5, 5.41) is 27.4. The molecule has 2 heterocycles. The van der Waals surface area contributed by atoms with E-state index in [0.717, 1.165) is 10.4 Å². The molecule has 8 heteroatoms. The first-order valence-electron chi connectivity index (χ1n) is 9.11. The fourth-order valence-electron chi connectivity index (χ4n) is 3.77. The van der Waals surface area contributed by atoms with Crippen molar-refractivity contribution in [1.29, 1.82) is 5.26 Å². The van der Waals surface area contributed by atoms with Gasteiger partial charge in [-0.2, -0.15) is 5.26 Å². The second-order valence-electron chi connectivity index (χ2n) is 8.21. The Balaban J connectivity index is 1.82. The summed E-state index contributed by atoms with van der Waals surface area (Å²) in [5.74, 6) is -0.358. The van der Waals surface area contributed by atoms with Crippen molar-refractivity contribution < 1.29 is 9.72 Å². The summed E-state index contributed by atoms with van der Waals surface area (Å²) in [4.78, 5) is 23.7. The van der Waals surface area contributed by atoms with Crippen LogP contribution >= 0.6 is 11.3 Å². The second-order valence-corrected chi connectivity index (χ2v) is 9.23. The number of carbonyl (C=O) groups is 1. The Kier molecular flexibility index (Phi) is 5.30. The van der Waals surface area contributed by atoms with Gasteiger partial charge in [0, 0.05) is 34.2 Å². The van der Waals surface area contributed by atoms with Gasteiger partial charge in [-0.1, -0.05) is 0 Å². The van der Waals surface area contributed by atoms with Crippen LogP contribution in [0.3, 0.4) is 0 Å². The lowest BCUT2D eigenvalue weighted by Crippen LogP contribution is -2.54. The molecule has 0 aliphatic carbocycles. The molecule has 2 N–H and O–H groups in total. The van der Waals surface area contributed by atoms with Gasteiger partial charge < -0.3 is 10.6 Å². The van der Waals surface area contributed by atoms with Gasteiger partial charge in [0.15, 0.2) is 0 Å². The molecule has 1 aliphatic rings. The number of nitriles is 1.